The van der Waals surface area contributed by atoms with Gasteiger partial charge in [-0.1, -0.05) is 28.8 Å². The van der Waals surface area contributed by atoms with Gasteiger partial charge in [-0.05, 0) is 48.1 Å². The van der Waals surface area contributed by atoms with Gasteiger partial charge in [0.05, 0.1) is 12.1 Å². The van der Waals surface area contributed by atoms with Crippen molar-refractivity contribution in [2.45, 2.75) is 19.6 Å². The molecule has 3 heterocycles. The first kappa shape index (κ1) is 21.0. The molecule has 1 aromatic carbocycles. The summed E-state index contributed by atoms with van der Waals surface area (Å²) in [5, 5.41) is 14.8. The first-order chi connectivity index (χ1) is 15.0. The lowest BCUT2D eigenvalue weighted by molar-refractivity contribution is -0.121. The van der Waals surface area contributed by atoms with Gasteiger partial charge in [-0.2, -0.15) is 0 Å². The molecule has 31 heavy (non-hydrogen) atoms. The lowest BCUT2D eigenvalue weighted by atomic mass is 10.1. The van der Waals surface area contributed by atoms with E-state index < -0.39 is 0 Å². The predicted molar refractivity (Wildman–Crippen MR) is 118 cm³/mol. The maximum Gasteiger partial charge on any atom is 0.296 e. The Balaban J connectivity index is 1.42. The van der Waals surface area contributed by atoms with Gasteiger partial charge >= 0.3 is 0 Å². The molecule has 4 rings (SSSR count). The van der Waals surface area contributed by atoms with E-state index in [1.807, 2.05) is 19.1 Å². The van der Waals surface area contributed by atoms with Crippen molar-refractivity contribution in [3.05, 3.63) is 58.7 Å². The van der Waals surface area contributed by atoms with Crippen molar-refractivity contribution in [1.82, 2.24) is 20.5 Å². The zero-order valence-electron chi connectivity index (χ0n) is 16.5. The molecule has 1 aliphatic heterocycles. The number of anilines is 2. The lowest BCUT2D eigenvalue weighted by Crippen LogP contribution is -2.53. The number of ether oxygens (including phenoxy) is 1. The summed E-state index contributed by atoms with van der Waals surface area (Å²) in [6, 6.07) is 10.6. The summed E-state index contributed by atoms with van der Waals surface area (Å²) in [7, 11) is 0. The fourth-order valence-corrected chi connectivity index (χ4v) is 3.85. The van der Waals surface area contributed by atoms with E-state index in [9.17, 15) is 9.59 Å². The molecular formula is C20H19ClN6O3S. The molecule has 0 saturated carbocycles. The Hall–Kier alpha value is -3.24. The standard InChI is InChI=1S/C20H19ClN6O3S/c1-12-9-27(10-16(28)23-12)17-15(3-2-8-22-17)18(29)24-19-25-26-20(31-19)30-11-13-4-6-14(21)7-5-13/h2-8,12H,9-11H2,1H3,(H,23,28)(H,24,25,29)/t12-/m1/s1. The van der Waals surface area contributed by atoms with Crippen LogP contribution in [0, 0.1) is 0 Å². The van der Waals surface area contributed by atoms with E-state index >= 15 is 0 Å². The van der Waals surface area contributed by atoms with E-state index in [1.54, 1.807) is 35.4 Å². The average molecular weight is 459 g/mol. The molecule has 0 bridgehead atoms. The van der Waals surface area contributed by atoms with Crippen LogP contribution in [-0.2, 0) is 11.4 Å². The van der Waals surface area contributed by atoms with Crippen LogP contribution in [0.25, 0.3) is 0 Å². The van der Waals surface area contributed by atoms with Crippen LogP contribution < -0.4 is 20.3 Å². The van der Waals surface area contributed by atoms with Crippen molar-refractivity contribution in [1.29, 1.82) is 0 Å². The maximum atomic E-state index is 12.9. The molecular weight excluding hydrogens is 440 g/mol. The summed E-state index contributed by atoms with van der Waals surface area (Å²) in [6.45, 7) is 2.91. The zero-order chi connectivity index (χ0) is 21.8. The highest BCUT2D eigenvalue weighted by Crippen LogP contribution is 2.25. The number of rotatable bonds is 6. The molecule has 2 aromatic heterocycles. The van der Waals surface area contributed by atoms with Crippen LogP contribution in [0.1, 0.15) is 22.8 Å². The summed E-state index contributed by atoms with van der Waals surface area (Å²) in [5.74, 6) is -0.0464. The second kappa shape index (κ2) is 9.27. The van der Waals surface area contributed by atoms with Gasteiger partial charge in [-0.3, -0.25) is 14.9 Å². The number of carbonyl (C=O) groups is 2. The minimum atomic E-state index is -0.387. The number of benzene rings is 1. The zero-order valence-corrected chi connectivity index (χ0v) is 18.1. The van der Waals surface area contributed by atoms with Crippen molar-refractivity contribution in [3.8, 4) is 5.19 Å². The molecule has 9 nitrogen and oxygen atoms in total. The number of aromatic nitrogens is 3. The van der Waals surface area contributed by atoms with E-state index in [1.165, 1.54) is 0 Å². The molecule has 11 heteroatoms. The Labute approximate surface area is 187 Å². The third kappa shape index (κ3) is 5.28. The molecule has 2 N–H and O–H groups in total. The van der Waals surface area contributed by atoms with E-state index in [2.05, 4.69) is 25.8 Å². The number of nitrogens with one attached hydrogen (secondary N) is 2. The van der Waals surface area contributed by atoms with Crippen LogP contribution in [0.2, 0.25) is 5.02 Å². The highest BCUT2D eigenvalue weighted by atomic mass is 35.5. The summed E-state index contributed by atoms with van der Waals surface area (Å²) < 4.78 is 5.63. The van der Waals surface area contributed by atoms with E-state index in [4.69, 9.17) is 16.3 Å². The maximum absolute atomic E-state index is 12.9. The third-order valence-corrected chi connectivity index (χ3v) is 5.47. The van der Waals surface area contributed by atoms with Gasteiger partial charge in [-0.15, -0.1) is 5.10 Å². The number of hydrogen-bond donors (Lipinski definition) is 2. The minimum absolute atomic E-state index is 0.0392. The molecule has 3 aromatic rings. The molecule has 0 aliphatic carbocycles. The number of amides is 2. The van der Waals surface area contributed by atoms with Crippen molar-refractivity contribution < 1.29 is 14.3 Å². The van der Waals surface area contributed by atoms with Crippen molar-refractivity contribution in [3.63, 3.8) is 0 Å². The number of pyridine rings is 1. The van der Waals surface area contributed by atoms with Crippen LogP contribution in [-0.4, -0.2) is 46.1 Å². The van der Waals surface area contributed by atoms with E-state index in [0.717, 1.165) is 16.9 Å². The highest BCUT2D eigenvalue weighted by molar-refractivity contribution is 7.17. The van der Waals surface area contributed by atoms with E-state index in [0.29, 0.717) is 39.9 Å². The largest absolute Gasteiger partial charge is 0.464 e. The van der Waals surface area contributed by atoms with Crippen molar-refractivity contribution in [2.75, 3.05) is 23.3 Å². The summed E-state index contributed by atoms with van der Waals surface area (Å²) in [5.41, 5.74) is 1.29. The fourth-order valence-electron chi connectivity index (χ4n) is 3.13. The molecule has 1 fully saturated rings. The lowest BCUT2D eigenvalue weighted by Gasteiger charge is -2.32. The molecule has 2 amide bonds. The Morgan fingerprint density at radius 2 is 2.13 bits per heavy atom. The average Bonchev–Trinajstić information content (AvgIpc) is 3.20. The first-order valence-electron chi connectivity index (χ1n) is 9.49. The summed E-state index contributed by atoms with van der Waals surface area (Å²) in [4.78, 5) is 30.9. The SMILES string of the molecule is C[C@@H]1CN(c2ncccc2C(=O)Nc2nnc(OCc3ccc(Cl)cc3)s2)CC(=O)N1. The smallest absolute Gasteiger partial charge is 0.296 e. The Kier molecular flexibility index (Phi) is 6.28. The second-order valence-corrected chi connectivity index (χ2v) is 8.34. The van der Waals surface area contributed by atoms with Gasteiger partial charge in [0.2, 0.25) is 11.0 Å². The van der Waals surface area contributed by atoms with Gasteiger partial charge in [0, 0.05) is 23.8 Å². The first-order valence-corrected chi connectivity index (χ1v) is 10.7. The van der Waals surface area contributed by atoms with Crippen LogP contribution >= 0.6 is 22.9 Å². The number of hydrogen-bond acceptors (Lipinski definition) is 8. The van der Waals surface area contributed by atoms with E-state index in [-0.39, 0.29) is 24.4 Å². The predicted octanol–water partition coefficient (Wildman–Crippen LogP) is 2.74. The van der Waals surface area contributed by atoms with Crippen LogP contribution in [0.4, 0.5) is 10.9 Å². The number of piperazine rings is 1. The number of nitrogens with zero attached hydrogens (tertiary/aromatic N) is 4. The monoisotopic (exact) mass is 458 g/mol. The minimum Gasteiger partial charge on any atom is -0.464 e. The van der Waals surface area contributed by atoms with Crippen LogP contribution in [0.5, 0.6) is 5.19 Å². The topological polar surface area (TPSA) is 109 Å². The van der Waals surface area contributed by atoms with Crippen LogP contribution in [0.3, 0.4) is 0 Å². The van der Waals surface area contributed by atoms with Crippen LogP contribution in [0.15, 0.2) is 42.6 Å². The van der Waals surface area contributed by atoms with Crippen molar-refractivity contribution in [2.24, 2.45) is 0 Å². The summed E-state index contributed by atoms with van der Waals surface area (Å²) >= 11 is 7.00. The second-order valence-electron chi connectivity index (χ2n) is 6.97. The normalized spacial score (nSPS) is 16.0. The molecule has 1 atom stereocenters. The van der Waals surface area contributed by atoms with Gasteiger partial charge in [0.25, 0.3) is 11.1 Å². The number of halogens is 1. The fraction of sp³-hybridized carbons (Fsp3) is 0.250. The van der Waals surface area contributed by atoms with Crippen molar-refractivity contribution >= 4 is 45.7 Å². The summed E-state index contributed by atoms with van der Waals surface area (Å²) in [6.07, 6.45) is 1.59. The highest BCUT2D eigenvalue weighted by Gasteiger charge is 2.26. The molecule has 1 aliphatic rings. The quantitative estimate of drug-likeness (QED) is 0.584. The Morgan fingerprint density at radius 3 is 2.90 bits per heavy atom. The molecule has 1 saturated heterocycles. The molecule has 0 unspecified atom stereocenters. The third-order valence-electron chi connectivity index (χ3n) is 4.47. The van der Waals surface area contributed by atoms with Gasteiger partial charge in [0.15, 0.2) is 0 Å². The molecule has 0 spiro atoms. The van der Waals surface area contributed by atoms with Gasteiger partial charge in [-0.25, -0.2) is 4.98 Å². The molecule has 160 valence electrons. The Morgan fingerprint density at radius 1 is 1.32 bits per heavy atom. The van der Waals surface area contributed by atoms with Gasteiger partial charge < -0.3 is 15.0 Å². The number of carbonyl (C=O) groups excluding carboxylic acids is 2. The molecule has 0 radical (unpaired) electrons. The Bertz CT molecular complexity index is 1090. The van der Waals surface area contributed by atoms with Gasteiger partial charge in [0.1, 0.15) is 12.4 Å².